The molecule has 3 N–H and O–H groups in total. The second kappa shape index (κ2) is 10.9. The lowest BCUT2D eigenvalue weighted by Gasteiger charge is -2.28. The molecule has 7 nitrogen and oxygen atoms in total. The van der Waals surface area contributed by atoms with Crippen LogP contribution in [0.2, 0.25) is 0 Å². The molecule has 1 amide bonds. The molecular formula is C25H34N4O3S. The lowest BCUT2D eigenvalue weighted by Crippen LogP contribution is -2.29. The topological polar surface area (TPSA) is 90.5 Å². The van der Waals surface area contributed by atoms with Gasteiger partial charge in [-0.2, -0.15) is 0 Å². The van der Waals surface area contributed by atoms with Gasteiger partial charge in [-0.25, -0.2) is 8.42 Å². The summed E-state index contributed by atoms with van der Waals surface area (Å²) in [5, 5.41) is 6.20. The predicted molar refractivity (Wildman–Crippen MR) is 135 cm³/mol. The Morgan fingerprint density at radius 3 is 2.03 bits per heavy atom. The smallest absolute Gasteiger partial charge is 0.241 e. The summed E-state index contributed by atoms with van der Waals surface area (Å²) in [7, 11) is -3.81. The van der Waals surface area contributed by atoms with Crippen molar-refractivity contribution in [2.24, 2.45) is 0 Å². The molecule has 178 valence electrons. The van der Waals surface area contributed by atoms with Gasteiger partial charge in [0.25, 0.3) is 0 Å². The lowest BCUT2D eigenvalue weighted by molar-refractivity contribution is -0.113. The van der Waals surface area contributed by atoms with Crippen molar-refractivity contribution in [3.05, 3.63) is 48.5 Å². The van der Waals surface area contributed by atoms with Gasteiger partial charge in [-0.1, -0.05) is 19.3 Å². The van der Waals surface area contributed by atoms with Crippen LogP contribution < -0.4 is 20.3 Å². The van der Waals surface area contributed by atoms with Crippen molar-refractivity contribution in [3.63, 3.8) is 0 Å². The van der Waals surface area contributed by atoms with E-state index in [9.17, 15) is 13.2 Å². The van der Waals surface area contributed by atoms with E-state index < -0.39 is 21.7 Å². The Morgan fingerprint density at radius 1 is 0.788 bits per heavy atom. The molecule has 0 radical (unpaired) electrons. The monoisotopic (exact) mass is 470 g/mol. The number of carbonyl (C=O) groups excluding carboxylic acids is 1. The number of nitrogens with one attached hydrogen (secondary N) is 3. The van der Waals surface area contributed by atoms with Gasteiger partial charge in [0.05, 0.1) is 0 Å². The molecule has 0 spiro atoms. The van der Waals surface area contributed by atoms with Crippen molar-refractivity contribution >= 4 is 38.7 Å². The summed E-state index contributed by atoms with van der Waals surface area (Å²) in [6, 6.07) is 15.3. The van der Waals surface area contributed by atoms with E-state index in [1.165, 1.54) is 51.4 Å². The van der Waals surface area contributed by atoms with Gasteiger partial charge in [-0.3, -0.25) is 9.52 Å². The maximum atomic E-state index is 12.5. The quantitative estimate of drug-likeness (QED) is 0.515. The normalized spacial score (nSPS) is 17.4. The van der Waals surface area contributed by atoms with Gasteiger partial charge in [-0.15, -0.1) is 0 Å². The Balaban J connectivity index is 1.26. The van der Waals surface area contributed by atoms with E-state index in [0.717, 1.165) is 24.5 Å². The molecule has 0 atom stereocenters. The van der Waals surface area contributed by atoms with Gasteiger partial charge >= 0.3 is 0 Å². The summed E-state index contributed by atoms with van der Waals surface area (Å²) >= 11 is 0. The molecule has 1 aliphatic heterocycles. The van der Waals surface area contributed by atoms with Gasteiger partial charge in [0.2, 0.25) is 15.9 Å². The van der Waals surface area contributed by atoms with Crippen molar-refractivity contribution in [1.29, 1.82) is 0 Å². The van der Waals surface area contributed by atoms with Crippen LogP contribution in [0.1, 0.15) is 51.4 Å². The fourth-order valence-corrected chi connectivity index (χ4v) is 5.59. The minimum Gasteiger partial charge on any atom is -0.382 e. The number of nitrogens with zero attached hydrogens (tertiary/aromatic N) is 1. The molecule has 2 fully saturated rings. The van der Waals surface area contributed by atoms with E-state index in [-0.39, 0.29) is 0 Å². The average molecular weight is 471 g/mol. The highest BCUT2D eigenvalue weighted by molar-refractivity contribution is 7.93. The van der Waals surface area contributed by atoms with Crippen molar-refractivity contribution in [2.45, 2.75) is 57.4 Å². The van der Waals surface area contributed by atoms with E-state index in [0.29, 0.717) is 17.4 Å². The predicted octanol–water partition coefficient (Wildman–Crippen LogP) is 4.80. The van der Waals surface area contributed by atoms with E-state index in [2.05, 4.69) is 20.3 Å². The molecular weight excluding hydrogens is 436 g/mol. The molecule has 33 heavy (non-hydrogen) atoms. The van der Waals surface area contributed by atoms with Crippen LogP contribution in [-0.4, -0.2) is 39.2 Å². The van der Waals surface area contributed by atoms with Crippen molar-refractivity contribution < 1.29 is 13.2 Å². The molecule has 1 saturated carbocycles. The highest BCUT2D eigenvalue weighted by atomic mass is 32.2. The van der Waals surface area contributed by atoms with Crippen LogP contribution >= 0.6 is 0 Å². The maximum absolute atomic E-state index is 12.5. The molecule has 8 heteroatoms. The van der Waals surface area contributed by atoms with Crippen LogP contribution in [-0.2, 0) is 14.8 Å². The van der Waals surface area contributed by atoms with Crippen LogP contribution in [0, 0.1) is 0 Å². The van der Waals surface area contributed by atoms with Gasteiger partial charge in [0.15, 0.2) is 0 Å². The number of hydrogen-bond acceptors (Lipinski definition) is 5. The van der Waals surface area contributed by atoms with Gasteiger partial charge in [0, 0.05) is 41.9 Å². The minimum atomic E-state index is -3.81. The molecule has 0 unspecified atom stereocenters. The van der Waals surface area contributed by atoms with E-state index in [4.69, 9.17) is 0 Å². The van der Waals surface area contributed by atoms with E-state index >= 15 is 0 Å². The Morgan fingerprint density at radius 2 is 1.36 bits per heavy atom. The molecule has 0 bridgehead atoms. The van der Waals surface area contributed by atoms with Crippen molar-refractivity contribution in [1.82, 2.24) is 0 Å². The first-order chi connectivity index (χ1) is 16.0. The standard InChI is InChI=1S/C25H34N4O3S/c30-25(27-22-11-9-21(10-12-22)26-20-7-3-1-4-8-20)19-33(31,32)28-23-13-15-24(16-14-23)29-17-5-2-6-18-29/h9-16,20,26,28H,1-8,17-19H2,(H,27,30). The average Bonchev–Trinajstić information content (AvgIpc) is 2.81. The number of sulfonamides is 1. The van der Waals surface area contributed by atoms with Crippen molar-refractivity contribution in [2.75, 3.05) is 39.1 Å². The number of benzene rings is 2. The van der Waals surface area contributed by atoms with E-state index in [1.54, 1.807) is 24.3 Å². The summed E-state index contributed by atoms with van der Waals surface area (Å²) in [4.78, 5) is 14.6. The molecule has 0 aromatic heterocycles. The second-order valence-electron chi connectivity index (χ2n) is 9.06. The lowest BCUT2D eigenvalue weighted by atomic mass is 9.95. The van der Waals surface area contributed by atoms with E-state index in [1.807, 2.05) is 24.3 Å². The van der Waals surface area contributed by atoms with Crippen LogP contribution in [0.4, 0.5) is 22.7 Å². The van der Waals surface area contributed by atoms with Crippen LogP contribution in [0.3, 0.4) is 0 Å². The molecule has 2 aromatic rings. The SMILES string of the molecule is O=C(CS(=O)(=O)Nc1ccc(N2CCCCC2)cc1)Nc1ccc(NC2CCCCC2)cc1. The summed E-state index contributed by atoms with van der Waals surface area (Å²) in [6.45, 7) is 2.06. The Hall–Kier alpha value is -2.74. The summed E-state index contributed by atoms with van der Waals surface area (Å²) in [5.41, 5.74) is 3.15. The van der Waals surface area contributed by atoms with Crippen molar-refractivity contribution in [3.8, 4) is 0 Å². The zero-order chi connectivity index (χ0) is 23.1. The number of amides is 1. The molecule has 1 saturated heterocycles. The fourth-order valence-electron chi connectivity index (χ4n) is 4.61. The maximum Gasteiger partial charge on any atom is 0.241 e. The Bertz CT molecular complexity index is 1010. The highest BCUT2D eigenvalue weighted by Crippen LogP contribution is 2.24. The zero-order valence-electron chi connectivity index (χ0n) is 19.1. The first-order valence-electron chi connectivity index (χ1n) is 12.0. The van der Waals surface area contributed by atoms with Crippen LogP contribution in [0.25, 0.3) is 0 Å². The summed E-state index contributed by atoms with van der Waals surface area (Å²) in [6.07, 6.45) is 9.83. The number of rotatable bonds is 8. The Kier molecular flexibility index (Phi) is 7.75. The number of anilines is 4. The van der Waals surface area contributed by atoms with Gasteiger partial charge in [0.1, 0.15) is 5.75 Å². The third kappa shape index (κ3) is 7.12. The van der Waals surface area contributed by atoms with Crippen LogP contribution in [0.5, 0.6) is 0 Å². The number of piperidine rings is 1. The first-order valence-corrected chi connectivity index (χ1v) is 13.6. The molecule has 2 aromatic carbocycles. The molecule has 2 aliphatic rings. The number of carbonyl (C=O) groups is 1. The van der Waals surface area contributed by atoms with Gasteiger partial charge < -0.3 is 15.5 Å². The first kappa shape index (κ1) is 23.4. The molecule has 4 rings (SSSR count). The zero-order valence-corrected chi connectivity index (χ0v) is 19.9. The summed E-state index contributed by atoms with van der Waals surface area (Å²) in [5.74, 6) is -1.21. The minimum absolute atomic E-state index is 0.460. The largest absolute Gasteiger partial charge is 0.382 e. The molecule has 1 aliphatic carbocycles. The Labute approximate surface area is 197 Å². The third-order valence-electron chi connectivity index (χ3n) is 6.33. The second-order valence-corrected chi connectivity index (χ2v) is 10.8. The fraction of sp³-hybridized carbons (Fsp3) is 0.480. The summed E-state index contributed by atoms with van der Waals surface area (Å²) < 4.78 is 27.4. The highest BCUT2D eigenvalue weighted by Gasteiger charge is 2.18. The molecule has 1 heterocycles. The van der Waals surface area contributed by atoms with Gasteiger partial charge in [-0.05, 0) is 80.6 Å². The van der Waals surface area contributed by atoms with Crippen LogP contribution in [0.15, 0.2) is 48.5 Å². The third-order valence-corrected chi connectivity index (χ3v) is 7.52. The number of hydrogen-bond donors (Lipinski definition) is 3.